The minimum absolute atomic E-state index is 0.121. The van der Waals surface area contributed by atoms with E-state index < -0.39 is 0 Å². The number of nitrogens with zero attached hydrogens (tertiary/aromatic N) is 1. The van der Waals surface area contributed by atoms with Gasteiger partial charge in [-0.05, 0) is 19.4 Å². The number of nitrogens with one attached hydrogen (secondary N) is 1. The zero-order valence-corrected chi connectivity index (χ0v) is 9.91. The Morgan fingerprint density at radius 2 is 2.20 bits per heavy atom. The Labute approximate surface area is 91.0 Å². The van der Waals surface area contributed by atoms with Gasteiger partial charge >= 0.3 is 6.08 Å². The van der Waals surface area contributed by atoms with Crippen LogP contribution in [0.15, 0.2) is 10.7 Å². The quantitative estimate of drug-likeness (QED) is 0.785. The van der Waals surface area contributed by atoms with E-state index in [4.69, 9.17) is 9.15 Å². The predicted molar refractivity (Wildman–Crippen MR) is 58.8 cm³/mol. The highest BCUT2D eigenvalue weighted by atomic mass is 16.6. The molecule has 0 aliphatic rings. The maximum atomic E-state index is 5.53. The smallest absolute Gasteiger partial charge is 0.394 e. The lowest BCUT2D eigenvalue weighted by atomic mass is 10.1. The molecule has 0 spiro atoms. The van der Waals surface area contributed by atoms with E-state index in [1.165, 1.54) is 0 Å². The van der Waals surface area contributed by atoms with Gasteiger partial charge in [0.15, 0.2) is 0 Å². The molecule has 15 heavy (non-hydrogen) atoms. The van der Waals surface area contributed by atoms with Gasteiger partial charge < -0.3 is 14.5 Å². The first kappa shape index (κ1) is 12.0. The van der Waals surface area contributed by atoms with Gasteiger partial charge in [0.2, 0.25) is 0 Å². The Balaban J connectivity index is 2.45. The fourth-order valence-corrected chi connectivity index (χ4v) is 0.972. The van der Waals surface area contributed by atoms with E-state index in [0.29, 0.717) is 12.0 Å². The zero-order valence-electron chi connectivity index (χ0n) is 9.91. The Morgan fingerprint density at radius 3 is 2.80 bits per heavy atom. The number of rotatable bonds is 6. The molecule has 0 bridgehead atoms. The van der Waals surface area contributed by atoms with Crippen LogP contribution in [0.1, 0.15) is 33.4 Å². The number of hydrogen-bond acceptors (Lipinski definition) is 4. The minimum Gasteiger partial charge on any atom is -0.447 e. The summed E-state index contributed by atoms with van der Waals surface area (Å²) in [7, 11) is 0. The van der Waals surface area contributed by atoms with Gasteiger partial charge in [0.1, 0.15) is 12.4 Å². The Kier molecular flexibility index (Phi) is 4.62. The van der Waals surface area contributed by atoms with E-state index >= 15 is 0 Å². The molecule has 1 unspecified atom stereocenters. The molecule has 0 radical (unpaired) electrons. The SMILES string of the molecule is CCNCc1coc(OC(C)C(C)C)n1. The summed E-state index contributed by atoms with van der Waals surface area (Å²) in [6.45, 7) is 9.92. The third kappa shape index (κ3) is 3.91. The van der Waals surface area contributed by atoms with Crippen molar-refractivity contribution in [1.82, 2.24) is 10.3 Å². The molecule has 1 atom stereocenters. The summed E-state index contributed by atoms with van der Waals surface area (Å²) in [6, 6.07) is 0. The van der Waals surface area contributed by atoms with Crippen molar-refractivity contribution >= 4 is 0 Å². The molecule has 1 aromatic heterocycles. The fourth-order valence-electron chi connectivity index (χ4n) is 0.972. The van der Waals surface area contributed by atoms with E-state index in [2.05, 4.69) is 31.1 Å². The zero-order chi connectivity index (χ0) is 11.3. The van der Waals surface area contributed by atoms with E-state index in [1.54, 1.807) is 6.26 Å². The molecular formula is C11H20N2O2. The van der Waals surface area contributed by atoms with Crippen LogP contribution in [0.3, 0.4) is 0 Å². The largest absolute Gasteiger partial charge is 0.447 e. The van der Waals surface area contributed by atoms with E-state index in [9.17, 15) is 0 Å². The molecule has 0 saturated heterocycles. The topological polar surface area (TPSA) is 47.3 Å². The van der Waals surface area contributed by atoms with Crippen LogP contribution >= 0.6 is 0 Å². The molecular weight excluding hydrogens is 192 g/mol. The molecule has 0 fully saturated rings. The molecule has 86 valence electrons. The molecule has 1 N–H and O–H groups in total. The van der Waals surface area contributed by atoms with Crippen LogP contribution in [0.5, 0.6) is 6.08 Å². The molecule has 1 aromatic rings. The number of aromatic nitrogens is 1. The second-order valence-electron chi connectivity index (χ2n) is 3.95. The summed E-state index contributed by atoms with van der Waals surface area (Å²) in [5, 5.41) is 3.18. The molecule has 0 aromatic carbocycles. The molecule has 4 nitrogen and oxygen atoms in total. The fraction of sp³-hybridized carbons (Fsp3) is 0.727. The van der Waals surface area contributed by atoms with E-state index in [1.807, 2.05) is 6.92 Å². The van der Waals surface area contributed by atoms with Crippen molar-refractivity contribution in [2.24, 2.45) is 5.92 Å². The van der Waals surface area contributed by atoms with Gasteiger partial charge in [-0.1, -0.05) is 20.8 Å². The standard InChI is InChI=1S/C11H20N2O2/c1-5-12-6-10-7-14-11(13-10)15-9(4)8(2)3/h7-9,12H,5-6H2,1-4H3. The van der Waals surface area contributed by atoms with E-state index in [-0.39, 0.29) is 6.10 Å². The summed E-state index contributed by atoms with van der Waals surface area (Å²) in [4.78, 5) is 4.22. The Hall–Kier alpha value is -1.03. The summed E-state index contributed by atoms with van der Waals surface area (Å²) >= 11 is 0. The summed E-state index contributed by atoms with van der Waals surface area (Å²) in [5.41, 5.74) is 0.878. The summed E-state index contributed by atoms with van der Waals surface area (Å²) in [6.07, 6.45) is 2.12. The number of hydrogen-bond donors (Lipinski definition) is 1. The lowest BCUT2D eigenvalue weighted by Gasteiger charge is -2.14. The van der Waals surface area contributed by atoms with Crippen molar-refractivity contribution < 1.29 is 9.15 Å². The van der Waals surface area contributed by atoms with Gasteiger partial charge in [-0.3, -0.25) is 0 Å². The molecule has 0 aliphatic heterocycles. The second kappa shape index (κ2) is 5.75. The first-order chi connectivity index (χ1) is 7.13. The third-order valence-electron chi connectivity index (χ3n) is 2.31. The summed E-state index contributed by atoms with van der Waals surface area (Å²) < 4.78 is 10.7. The maximum absolute atomic E-state index is 5.53. The van der Waals surface area contributed by atoms with Crippen LogP contribution in [0.2, 0.25) is 0 Å². The van der Waals surface area contributed by atoms with Gasteiger partial charge in [-0.25, -0.2) is 0 Å². The van der Waals surface area contributed by atoms with E-state index in [0.717, 1.165) is 18.8 Å². The highest BCUT2D eigenvalue weighted by molar-refractivity contribution is 4.99. The highest BCUT2D eigenvalue weighted by Gasteiger charge is 2.12. The molecule has 1 rings (SSSR count). The van der Waals surface area contributed by atoms with Crippen LogP contribution in [-0.4, -0.2) is 17.6 Å². The van der Waals surface area contributed by atoms with Crippen LogP contribution in [-0.2, 0) is 6.54 Å². The average molecular weight is 212 g/mol. The van der Waals surface area contributed by atoms with Gasteiger partial charge in [0.25, 0.3) is 0 Å². The number of oxazole rings is 1. The Bertz CT molecular complexity index is 284. The van der Waals surface area contributed by atoms with Gasteiger partial charge in [-0.15, -0.1) is 0 Å². The third-order valence-corrected chi connectivity index (χ3v) is 2.31. The van der Waals surface area contributed by atoms with Crippen molar-refractivity contribution in [3.8, 4) is 6.08 Å². The van der Waals surface area contributed by atoms with Gasteiger partial charge in [-0.2, -0.15) is 4.98 Å². The maximum Gasteiger partial charge on any atom is 0.394 e. The molecule has 0 amide bonds. The minimum atomic E-state index is 0.121. The number of ether oxygens (including phenoxy) is 1. The first-order valence-corrected chi connectivity index (χ1v) is 5.45. The predicted octanol–water partition coefficient (Wildman–Crippen LogP) is 2.21. The van der Waals surface area contributed by atoms with Crippen LogP contribution in [0, 0.1) is 5.92 Å². The highest BCUT2D eigenvalue weighted by Crippen LogP contribution is 2.14. The molecule has 4 heteroatoms. The Morgan fingerprint density at radius 1 is 1.47 bits per heavy atom. The normalized spacial score (nSPS) is 13.1. The lowest BCUT2D eigenvalue weighted by molar-refractivity contribution is 0.123. The van der Waals surface area contributed by atoms with Crippen molar-refractivity contribution in [3.63, 3.8) is 0 Å². The second-order valence-corrected chi connectivity index (χ2v) is 3.95. The van der Waals surface area contributed by atoms with Crippen molar-refractivity contribution in [3.05, 3.63) is 12.0 Å². The molecule has 0 aliphatic carbocycles. The molecule has 1 heterocycles. The van der Waals surface area contributed by atoms with Gasteiger partial charge in [0.05, 0.1) is 5.69 Å². The molecule has 0 saturated carbocycles. The van der Waals surface area contributed by atoms with Gasteiger partial charge in [0, 0.05) is 6.54 Å². The van der Waals surface area contributed by atoms with Crippen LogP contribution in [0.4, 0.5) is 0 Å². The summed E-state index contributed by atoms with van der Waals surface area (Å²) in [5.74, 6) is 0.453. The first-order valence-electron chi connectivity index (χ1n) is 5.45. The van der Waals surface area contributed by atoms with Crippen LogP contribution < -0.4 is 10.1 Å². The lowest BCUT2D eigenvalue weighted by Crippen LogP contribution is -2.19. The van der Waals surface area contributed by atoms with Crippen LogP contribution in [0.25, 0.3) is 0 Å². The van der Waals surface area contributed by atoms with Crippen molar-refractivity contribution in [2.75, 3.05) is 6.54 Å². The monoisotopic (exact) mass is 212 g/mol. The van der Waals surface area contributed by atoms with Crippen molar-refractivity contribution in [1.29, 1.82) is 0 Å². The average Bonchev–Trinajstić information content (AvgIpc) is 2.62. The van der Waals surface area contributed by atoms with Crippen molar-refractivity contribution in [2.45, 2.75) is 40.3 Å².